The van der Waals surface area contributed by atoms with Crippen molar-refractivity contribution in [3.63, 3.8) is 0 Å². The second-order valence-corrected chi connectivity index (χ2v) is 4.53. The predicted molar refractivity (Wildman–Crippen MR) is 68.3 cm³/mol. The summed E-state index contributed by atoms with van der Waals surface area (Å²) in [6.07, 6.45) is 3.63. The lowest BCUT2D eigenvalue weighted by Gasteiger charge is -2.20. The molecule has 0 saturated carbocycles. The van der Waals surface area contributed by atoms with E-state index in [1.165, 1.54) is 0 Å². The van der Waals surface area contributed by atoms with Crippen molar-refractivity contribution < 1.29 is 5.11 Å². The molecule has 2 heterocycles. The van der Waals surface area contributed by atoms with Crippen LogP contribution in [0.3, 0.4) is 0 Å². The molecule has 1 aromatic heterocycles. The molecule has 0 radical (unpaired) electrons. The van der Waals surface area contributed by atoms with Crippen molar-refractivity contribution in [1.82, 2.24) is 9.97 Å². The molecule has 1 unspecified atom stereocenters. The van der Waals surface area contributed by atoms with Gasteiger partial charge in [0.05, 0.1) is 0 Å². The van der Waals surface area contributed by atoms with Gasteiger partial charge >= 0.3 is 0 Å². The van der Waals surface area contributed by atoms with Crippen molar-refractivity contribution in [2.24, 2.45) is 5.92 Å². The molecule has 1 aliphatic rings. The highest BCUT2D eigenvalue weighted by molar-refractivity contribution is 5.58. The predicted octanol–water partition coefficient (Wildman–Crippen LogP) is 1.04. The van der Waals surface area contributed by atoms with Crippen LogP contribution in [0.1, 0.15) is 18.4 Å². The molecule has 0 bridgehead atoms. The Morgan fingerprint density at radius 3 is 3.06 bits per heavy atom. The number of aromatic nitrogens is 2. The molecule has 0 amide bonds. The van der Waals surface area contributed by atoms with Crippen molar-refractivity contribution in [1.29, 1.82) is 0 Å². The summed E-state index contributed by atoms with van der Waals surface area (Å²) in [6.45, 7) is 4.33. The van der Waals surface area contributed by atoms with Gasteiger partial charge in [-0.1, -0.05) is 0 Å². The quantitative estimate of drug-likeness (QED) is 0.818. The lowest BCUT2D eigenvalue weighted by atomic mass is 10.1. The van der Waals surface area contributed by atoms with Crippen LogP contribution in [0.15, 0.2) is 6.33 Å². The summed E-state index contributed by atoms with van der Waals surface area (Å²) in [5.41, 5.74) is 1.10. The molecule has 1 aromatic rings. The maximum atomic E-state index is 8.97. The third kappa shape index (κ3) is 2.49. The van der Waals surface area contributed by atoms with E-state index in [1.54, 1.807) is 6.33 Å². The van der Waals surface area contributed by atoms with E-state index >= 15 is 0 Å². The molecule has 5 heteroatoms. The molecule has 1 aliphatic heterocycles. The Morgan fingerprint density at radius 1 is 1.53 bits per heavy atom. The number of aliphatic hydroxyl groups is 1. The highest BCUT2D eigenvalue weighted by atomic mass is 16.3. The van der Waals surface area contributed by atoms with E-state index in [9.17, 15) is 0 Å². The Balaban J connectivity index is 2.13. The van der Waals surface area contributed by atoms with E-state index < -0.39 is 0 Å². The number of nitrogens with one attached hydrogen (secondary N) is 1. The van der Waals surface area contributed by atoms with Gasteiger partial charge < -0.3 is 15.3 Å². The normalized spacial score (nSPS) is 19.7. The molecule has 5 nitrogen and oxygen atoms in total. The maximum Gasteiger partial charge on any atom is 0.137 e. The minimum atomic E-state index is 0.281. The van der Waals surface area contributed by atoms with Gasteiger partial charge in [0.15, 0.2) is 0 Å². The Kier molecular flexibility index (Phi) is 3.78. The SMILES string of the molecule is CNc1ncnc(N2CCC(CCO)C2)c1C. The molecule has 2 rings (SSSR count). The zero-order valence-electron chi connectivity index (χ0n) is 10.5. The summed E-state index contributed by atoms with van der Waals surface area (Å²) >= 11 is 0. The Labute approximate surface area is 102 Å². The summed E-state index contributed by atoms with van der Waals surface area (Å²) in [6, 6.07) is 0. The van der Waals surface area contributed by atoms with E-state index in [0.29, 0.717) is 5.92 Å². The number of hydrogen-bond acceptors (Lipinski definition) is 5. The molecule has 0 aromatic carbocycles. The van der Waals surface area contributed by atoms with Gasteiger partial charge in [-0.15, -0.1) is 0 Å². The monoisotopic (exact) mass is 236 g/mol. The van der Waals surface area contributed by atoms with Crippen LogP contribution in [0, 0.1) is 12.8 Å². The summed E-state index contributed by atoms with van der Waals surface area (Å²) in [5.74, 6) is 2.50. The van der Waals surface area contributed by atoms with Crippen LogP contribution in [-0.4, -0.2) is 41.8 Å². The fourth-order valence-electron chi connectivity index (χ4n) is 2.45. The van der Waals surface area contributed by atoms with Crippen LogP contribution < -0.4 is 10.2 Å². The van der Waals surface area contributed by atoms with Crippen molar-refractivity contribution >= 4 is 11.6 Å². The first kappa shape index (κ1) is 12.1. The fraction of sp³-hybridized carbons (Fsp3) is 0.667. The molecular weight excluding hydrogens is 216 g/mol. The molecule has 1 atom stereocenters. The van der Waals surface area contributed by atoms with Crippen LogP contribution in [0.4, 0.5) is 11.6 Å². The second kappa shape index (κ2) is 5.31. The van der Waals surface area contributed by atoms with Crippen LogP contribution in [0.2, 0.25) is 0 Å². The maximum absolute atomic E-state index is 8.97. The molecule has 2 N–H and O–H groups in total. The van der Waals surface area contributed by atoms with E-state index in [2.05, 4.69) is 20.2 Å². The fourth-order valence-corrected chi connectivity index (χ4v) is 2.45. The number of anilines is 2. The third-order valence-electron chi connectivity index (χ3n) is 3.42. The first-order chi connectivity index (χ1) is 8.26. The minimum absolute atomic E-state index is 0.281. The molecule has 94 valence electrons. The topological polar surface area (TPSA) is 61.3 Å². The molecule has 0 aliphatic carbocycles. The van der Waals surface area contributed by atoms with E-state index in [4.69, 9.17) is 5.11 Å². The van der Waals surface area contributed by atoms with Crippen molar-refractivity contribution in [2.75, 3.05) is 37.0 Å². The van der Waals surface area contributed by atoms with Gasteiger partial charge in [-0.25, -0.2) is 9.97 Å². The van der Waals surface area contributed by atoms with E-state index in [1.807, 2.05) is 14.0 Å². The van der Waals surface area contributed by atoms with Crippen molar-refractivity contribution in [3.05, 3.63) is 11.9 Å². The third-order valence-corrected chi connectivity index (χ3v) is 3.42. The van der Waals surface area contributed by atoms with Gasteiger partial charge in [0, 0.05) is 32.3 Å². The van der Waals surface area contributed by atoms with Crippen LogP contribution in [-0.2, 0) is 0 Å². The van der Waals surface area contributed by atoms with Crippen molar-refractivity contribution in [3.8, 4) is 0 Å². The summed E-state index contributed by atoms with van der Waals surface area (Å²) in [5, 5.41) is 12.0. The standard InChI is InChI=1S/C12H20N4O/c1-9-11(13-2)14-8-15-12(9)16-5-3-10(7-16)4-6-17/h8,10,17H,3-7H2,1-2H3,(H,13,14,15). The highest BCUT2D eigenvalue weighted by Crippen LogP contribution is 2.28. The summed E-state index contributed by atoms with van der Waals surface area (Å²) < 4.78 is 0. The molecule has 17 heavy (non-hydrogen) atoms. The lowest BCUT2D eigenvalue weighted by Crippen LogP contribution is -2.22. The van der Waals surface area contributed by atoms with E-state index in [0.717, 1.165) is 43.1 Å². The number of rotatable bonds is 4. The Hall–Kier alpha value is -1.36. The summed E-state index contributed by atoms with van der Waals surface area (Å²) in [4.78, 5) is 10.9. The number of aliphatic hydroxyl groups excluding tert-OH is 1. The lowest BCUT2D eigenvalue weighted by molar-refractivity contribution is 0.263. The van der Waals surface area contributed by atoms with E-state index in [-0.39, 0.29) is 6.61 Å². The molecular formula is C12H20N4O. The first-order valence-electron chi connectivity index (χ1n) is 6.11. The van der Waals surface area contributed by atoms with Gasteiger partial charge in [0.25, 0.3) is 0 Å². The van der Waals surface area contributed by atoms with Gasteiger partial charge in [-0.05, 0) is 25.7 Å². The largest absolute Gasteiger partial charge is 0.396 e. The Bertz CT molecular complexity index is 383. The average Bonchev–Trinajstić information content (AvgIpc) is 2.78. The van der Waals surface area contributed by atoms with Gasteiger partial charge in [0.2, 0.25) is 0 Å². The zero-order chi connectivity index (χ0) is 12.3. The Morgan fingerprint density at radius 2 is 2.35 bits per heavy atom. The zero-order valence-corrected chi connectivity index (χ0v) is 10.5. The van der Waals surface area contributed by atoms with Gasteiger partial charge in [-0.2, -0.15) is 0 Å². The van der Waals surface area contributed by atoms with Gasteiger partial charge in [-0.3, -0.25) is 0 Å². The minimum Gasteiger partial charge on any atom is -0.396 e. The van der Waals surface area contributed by atoms with Gasteiger partial charge in [0.1, 0.15) is 18.0 Å². The second-order valence-electron chi connectivity index (χ2n) is 4.53. The molecule has 1 saturated heterocycles. The highest BCUT2D eigenvalue weighted by Gasteiger charge is 2.24. The smallest absolute Gasteiger partial charge is 0.137 e. The number of nitrogens with zero attached hydrogens (tertiary/aromatic N) is 3. The van der Waals surface area contributed by atoms with Crippen molar-refractivity contribution in [2.45, 2.75) is 19.8 Å². The average molecular weight is 236 g/mol. The van der Waals surface area contributed by atoms with Crippen LogP contribution in [0.25, 0.3) is 0 Å². The molecule has 0 spiro atoms. The summed E-state index contributed by atoms with van der Waals surface area (Å²) in [7, 11) is 1.87. The molecule has 1 fully saturated rings. The number of hydrogen-bond donors (Lipinski definition) is 2. The van der Waals surface area contributed by atoms with Crippen LogP contribution in [0.5, 0.6) is 0 Å². The van der Waals surface area contributed by atoms with Crippen LogP contribution >= 0.6 is 0 Å². The first-order valence-corrected chi connectivity index (χ1v) is 6.11.